The molecule has 86 valence electrons. The molecule has 18 heavy (non-hydrogen) atoms. The number of nitrogens with zero attached hydrogens (tertiary/aromatic N) is 3. The van der Waals surface area contributed by atoms with Gasteiger partial charge in [0.15, 0.2) is 0 Å². The summed E-state index contributed by atoms with van der Waals surface area (Å²) >= 11 is 0. The third kappa shape index (κ3) is 2.26. The number of anilines is 2. The standard InChI is InChI=1S/C13H7FN4/c14-11-1-2-12(10(5-11)7-16)18-13-8-17-4-3-9(13)6-15/h1-5,8,18H. The van der Waals surface area contributed by atoms with Gasteiger partial charge in [-0.25, -0.2) is 4.39 Å². The summed E-state index contributed by atoms with van der Waals surface area (Å²) in [5.41, 5.74) is 1.48. The van der Waals surface area contributed by atoms with Gasteiger partial charge in [-0.2, -0.15) is 10.5 Å². The number of benzene rings is 1. The van der Waals surface area contributed by atoms with Crippen molar-refractivity contribution in [2.45, 2.75) is 0 Å². The van der Waals surface area contributed by atoms with Crippen LogP contribution in [0.15, 0.2) is 36.7 Å². The van der Waals surface area contributed by atoms with Gasteiger partial charge in [-0.15, -0.1) is 0 Å². The van der Waals surface area contributed by atoms with Gasteiger partial charge in [-0.05, 0) is 24.3 Å². The molecule has 1 N–H and O–H groups in total. The topological polar surface area (TPSA) is 72.5 Å². The van der Waals surface area contributed by atoms with Crippen LogP contribution in [0.5, 0.6) is 0 Å². The van der Waals surface area contributed by atoms with Crippen LogP contribution in [-0.2, 0) is 0 Å². The molecule has 0 bridgehead atoms. The molecule has 1 aromatic heterocycles. The van der Waals surface area contributed by atoms with Gasteiger partial charge in [0.2, 0.25) is 0 Å². The van der Waals surface area contributed by atoms with Gasteiger partial charge in [0.25, 0.3) is 0 Å². The van der Waals surface area contributed by atoms with E-state index in [2.05, 4.69) is 10.3 Å². The van der Waals surface area contributed by atoms with Gasteiger partial charge < -0.3 is 5.32 Å². The summed E-state index contributed by atoms with van der Waals surface area (Å²) in [6.07, 6.45) is 2.97. The molecular formula is C13H7FN4. The second-order valence-electron chi connectivity index (χ2n) is 3.46. The maximum absolute atomic E-state index is 13.0. The average molecular weight is 238 g/mol. The maximum Gasteiger partial charge on any atom is 0.124 e. The molecule has 0 saturated heterocycles. The second kappa shape index (κ2) is 4.94. The lowest BCUT2D eigenvalue weighted by molar-refractivity contribution is 0.627. The van der Waals surface area contributed by atoms with Gasteiger partial charge >= 0.3 is 0 Å². The quantitative estimate of drug-likeness (QED) is 0.872. The summed E-state index contributed by atoms with van der Waals surface area (Å²) in [6.45, 7) is 0. The molecule has 0 fully saturated rings. The van der Waals surface area contributed by atoms with Crippen molar-refractivity contribution in [3.05, 3.63) is 53.6 Å². The molecule has 0 aliphatic rings. The van der Waals surface area contributed by atoms with Gasteiger partial charge in [-0.3, -0.25) is 4.98 Å². The van der Waals surface area contributed by atoms with E-state index in [1.54, 1.807) is 6.07 Å². The van der Waals surface area contributed by atoms with Crippen LogP contribution in [0, 0.1) is 28.5 Å². The summed E-state index contributed by atoms with van der Waals surface area (Å²) in [7, 11) is 0. The molecule has 0 saturated carbocycles. The zero-order chi connectivity index (χ0) is 13.0. The molecule has 0 aliphatic carbocycles. The highest BCUT2D eigenvalue weighted by Crippen LogP contribution is 2.23. The highest BCUT2D eigenvalue weighted by atomic mass is 19.1. The average Bonchev–Trinajstić information content (AvgIpc) is 2.41. The first-order valence-corrected chi connectivity index (χ1v) is 5.05. The summed E-state index contributed by atoms with van der Waals surface area (Å²) in [5, 5.41) is 20.7. The molecule has 4 nitrogen and oxygen atoms in total. The second-order valence-corrected chi connectivity index (χ2v) is 3.46. The van der Waals surface area contributed by atoms with E-state index in [0.29, 0.717) is 16.9 Å². The van der Waals surface area contributed by atoms with Crippen molar-refractivity contribution in [2.75, 3.05) is 5.32 Å². The molecular weight excluding hydrogens is 231 g/mol. The fourth-order valence-corrected chi connectivity index (χ4v) is 1.45. The van der Waals surface area contributed by atoms with E-state index in [1.807, 2.05) is 12.1 Å². The number of hydrogen-bond acceptors (Lipinski definition) is 4. The number of halogens is 1. The molecule has 0 radical (unpaired) electrons. The Kier molecular flexibility index (Phi) is 3.17. The smallest absolute Gasteiger partial charge is 0.124 e. The largest absolute Gasteiger partial charge is 0.352 e. The summed E-state index contributed by atoms with van der Waals surface area (Å²) in [5.74, 6) is -0.483. The highest BCUT2D eigenvalue weighted by molar-refractivity contribution is 5.69. The Bertz CT molecular complexity index is 667. The monoisotopic (exact) mass is 238 g/mol. The first-order valence-electron chi connectivity index (χ1n) is 5.05. The lowest BCUT2D eigenvalue weighted by Crippen LogP contribution is -1.97. The van der Waals surface area contributed by atoms with Crippen molar-refractivity contribution in [3.63, 3.8) is 0 Å². The zero-order valence-electron chi connectivity index (χ0n) is 9.18. The number of rotatable bonds is 2. The lowest BCUT2D eigenvalue weighted by atomic mass is 10.1. The van der Waals surface area contributed by atoms with Crippen LogP contribution in [0.3, 0.4) is 0 Å². The Labute approximate surface area is 103 Å². The van der Waals surface area contributed by atoms with Gasteiger partial charge in [0, 0.05) is 6.20 Å². The van der Waals surface area contributed by atoms with Crippen LogP contribution in [0.1, 0.15) is 11.1 Å². The molecule has 2 aromatic rings. The Hall–Kier alpha value is -2.92. The van der Waals surface area contributed by atoms with Crippen LogP contribution < -0.4 is 5.32 Å². The van der Waals surface area contributed by atoms with E-state index in [-0.39, 0.29) is 5.56 Å². The molecule has 1 aromatic carbocycles. The number of nitrogens with one attached hydrogen (secondary N) is 1. The molecule has 5 heteroatoms. The van der Waals surface area contributed by atoms with Crippen molar-refractivity contribution >= 4 is 11.4 Å². The predicted octanol–water partition coefficient (Wildman–Crippen LogP) is 2.71. The van der Waals surface area contributed by atoms with E-state index in [1.165, 1.54) is 24.5 Å². The predicted molar refractivity (Wildman–Crippen MR) is 63.3 cm³/mol. The van der Waals surface area contributed by atoms with Crippen molar-refractivity contribution in [2.24, 2.45) is 0 Å². The molecule has 2 rings (SSSR count). The van der Waals surface area contributed by atoms with Crippen molar-refractivity contribution in [1.82, 2.24) is 4.98 Å². The number of pyridine rings is 1. The minimum absolute atomic E-state index is 0.169. The summed E-state index contributed by atoms with van der Waals surface area (Å²) in [6, 6.07) is 9.26. The first kappa shape index (κ1) is 11.6. The Morgan fingerprint density at radius 1 is 1.06 bits per heavy atom. The normalized spacial score (nSPS) is 9.28. The van der Waals surface area contributed by atoms with Crippen molar-refractivity contribution in [3.8, 4) is 12.1 Å². The number of nitriles is 2. The van der Waals surface area contributed by atoms with Crippen LogP contribution in [0.4, 0.5) is 15.8 Å². The fourth-order valence-electron chi connectivity index (χ4n) is 1.45. The molecule has 1 heterocycles. The van der Waals surface area contributed by atoms with Crippen LogP contribution >= 0.6 is 0 Å². The third-order valence-electron chi connectivity index (χ3n) is 2.31. The SMILES string of the molecule is N#Cc1cc(F)ccc1Nc1cnccc1C#N. The van der Waals surface area contributed by atoms with Crippen molar-refractivity contribution < 1.29 is 4.39 Å². The van der Waals surface area contributed by atoms with Crippen LogP contribution in [0.2, 0.25) is 0 Å². The van der Waals surface area contributed by atoms with E-state index in [4.69, 9.17) is 10.5 Å². The Balaban J connectivity index is 2.41. The van der Waals surface area contributed by atoms with Gasteiger partial charge in [0.1, 0.15) is 18.0 Å². The van der Waals surface area contributed by atoms with E-state index < -0.39 is 5.82 Å². The minimum Gasteiger partial charge on any atom is -0.352 e. The summed E-state index contributed by atoms with van der Waals surface area (Å²) < 4.78 is 13.0. The Morgan fingerprint density at radius 2 is 1.83 bits per heavy atom. The fraction of sp³-hybridized carbons (Fsp3) is 0. The number of hydrogen-bond donors (Lipinski definition) is 1. The van der Waals surface area contributed by atoms with E-state index in [9.17, 15) is 4.39 Å². The first-order chi connectivity index (χ1) is 8.74. The molecule has 0 unspecified atom stereocenters. The van der Waals surface area contributed by atoms with E-state index in [0.717, 1.165) is 6.07 Å². The van der Waals surface area contributed by atoms with Crippen LogP contribution in [0.25, 0.3) is 0 Å². The zero-order valence-corrected chi connectivity index (χ0v) is 9.18. The molecule has 0 spiro atoms. The van der Waals surface area contributed by atoms with Crippen molar-refractivity contribution in [1.29, 1.82) is 10.5 Å². The number of aromatic nitrogens is 1. The summed E-state index contributed by atoms with van der Waals surface area (Å²) in [4.78, 5) is 3.89. The van der Waals surface area contributed by atoms with Crippen LogP contribution in [-0.4, -0.2) is 4.98 Å². The third-order valence-corrected chi connectivity index (χ3v) is 2.31. The molecule has 0 atom stereocenters. The van der Waals surface area contributed by atoms with Gasteiger partial charge in [-0.1, -0.05) is 0 Å². The van der Waals surface area contributed by atoms with E-state index >= 15 is 0 Å². The lowest BCUT2D eigenvalue weighted by Gasteiger charge is -2.08. The minimum atomic E-state index is -0.483. The van der Waals surface area contributed by atoms with Gasteiger partial charge in [0.05, 0.1) is 28.7 Å². The molecule has 0 amide bonds. The highest BCUT2D eigenvalue weighted by Gasteiger charge is 2.06. The maximum atomic E-state index is 13.0. The molecule has 0 aliphatic heterocycles. The Morgan fingerprint density at radius 3 is 2.56 bits per heavy atom.